The molecule has 2 rings (SSSR count). The van der Waals surface area contributed by atoms with Crippen LogP contribution in [-0.2, 0) is 6.54 Å². The summed E-state index contributed by atoms with van der Waals surface area (Å²) >= 11 is 1.30. The third-order valence-corrected chi connectivity index (χ3v) is 3.22. The van der Waals surface area contributed by atoms with Crippen LogP contribution in [0.3, 0.4) is 0 Å². The maximum atomic E-state index is 13.1. The molecule has 0 fully saturated rings. The molecule has 2 aromatic rings. The molecule has 0 aliphatic heterocycles. The van der Waals surface area contributed by atoms with E-state index in [9.17, 15) is 18.4 Å². The molecule has 1 heterocycles. The highest BCUT2D eigenvalue weighted by Gasteiger charge is 2.20. The highest BCUT2D eigenvalue weighted by Crippen LogP contribution is 2.16. The topological polar surface area (TPSA) is 79.3 Å². The molecule has 0 saturated carbocycles. The van der Waals surface area contributed by atoms with Crippen LogP contribution in [0.25, 0.3) is 0 Å². The predicted molar refractivity (Wildman–Crippen MR) is 66.6 cm³/mol. The summed E-state index contributed by atoms with van der Waals surface area (Å²) in [6.07, 6.45) is 1.54. The number of hydrogen-bond donors (Lipinski definition) is 2. The van der Waals surface area contributed by atoms with Crippen LogP contribution in [0.1, 0.15) is 25.6 Å². The van der Waals surface area contributed by atoms with Gasteiger partial charge in [-0.15, -0.1) is 11.3 Å². The highest BCUT2D eigenvalue weighted by molar-refractivity contribution is 7.09. The van der Waals surface area contributed by atoms with Gasteiger partial charge < -0.3 is 10.4 Å². The summed E-state index contributed by atoms with van der Waals surface area (Å²) in [6, 6.07) is 1.06. The van der Waals surface area contributed by atoms with Crippen molar-refractivity contribution in [2.45, 2.75) is 6.54 Å². The summed E-state index contributed by atoms with van der Waals surface area (Å²) in [5, 5.41) is 11.3. The van der Waals surface area contributed by atoms with Crippen molar-refractivity contribution < 1.29 is 23.5 Å². The average Bonchev–Trinajstić information content (AvgIpc) is 2.91. The van der Waals surface area contributed by atoms with E-state index < -0.39 is 34.6 Å². The van der Waals surface area contributed by atoms with E-state index >= 15 is 0 Å². The van der Waals surface area contributed by atoms with Gasteiger partial charge in [-0.25, -0.2) is 13.6 Å². The van der Waals surface area contributed by atoms with Crippen molar-refractivity contribution in [3.63, 3.8) is 0 Å². The highest BCUT2D eigenvalue weighted by atomic mass is 32.1. The van der Waals surface area contributed by atoms with E-state index in [1.54, 1.807) is 5.51 Å². The van der Waals surface area contributed by atoms with Gasteiger partial charge in [-0.1, -0.05) is 0 Å². The first-order valence-corrected chi connectivity index (χ1v) is 6.25. The molecule has 8 heteroatoms. The Morgan fingerprint density at radius 3 is 2.45 bits per heavy atom. The van der Waals surface area contributed by atoms with Gasteiger partial charge in [0.1, 0.15) is 0 Å². The number of benzene rings is 1. The van der Waals surface area contributed by atoms with Gasteiger partial charge in [0, 0.05) is 11.1 Å². The maximum Gasteiger partial charge on any atom is 0.336 e. The fraction of sp³-hybridized carbons (Fsp3) is 0.0833. The first kappa shape index (κ1) is 14.1. The number of halogens is 2. The third-order valence-electron chi connectivity index (χ3n) is 2.44. The monoisotopic (exact) mass is 298 g/mol. The molecular formula is C12H8F2N2O3S. The van der Waals surface area contributed by atoms with Crippen molar-refractivity contribution in [2.24, 2.45) is 0 Å². The second-order valence-electron chi connectivity index (χ2n) is 3.77. The fourth-order valence-electron chi connectivity index (χ4n) is 1.50. The maximum absolute atomic E-state index is 13.1. The number of aromatic carboxylic acids is 1. The van der Waals surface area contributed by atoms with Crippen LogP contribution < -0.4 is 5.32 Å². The zero-order valence-electron chi connectivity index (χ0n) is 9.89. The van der Waals surface area contributed by atoms with Gasteiger partial charge in [-0.05, 0) is 12.1 Å². The number of nitrogens with zero attached hydrogens (tertiary/aromatic N) is 1. The van der Waals surface area contributed by atoms with E-state index in [1.807, 2.05) is 0 Å². The zero-order valence-corrected chi connectivity index (χ0v) is 10.7. The van der Waals surface area contributed by atoms with Gasteiger partial charge in [0.15, 0.2) is 11.6 Å². The van der Waals surface area contributed by atoms with Crippen LogP contribution in [0.5, 0.6) is 0 Å². The Morgan fingerprint density at radius 1 is 1.25 bits per heavy atom. The Hall–Kier alpha value is -2.35. The lowest BCUT2D eigenvalue weighted by molar-refractivity contribution is 0.0690. The number of thiazole rings is 1. The summed E-state index contributed by atoms with van der Waals surface area (Å²) in [6.45, 7) is 0.127. The molecule has 2 N–H and O–H groups in total. The number of aromatic nitrogens is 1. The molecule has 1 aromatic heterocycles. The first-order valence-electron chi connectivity index (χ1n) is 5.37. The summed E-state index contributed by atoms with van der Waals surface area (Å²) in [4.78, 5) is 27.4. The lowest BCUT2D eigenvalue weighted by Crippen LogP contribution is -2.25. The van der Waals surface area contributed by atoms with Crippen LogP contribution in [0.15, 0.2) is 23.8 Å². The number of amides is 1. The van der Waals surface area contributed by atoms with Crippen LogP contribution in [0, 0.1) is 11.6 Å². The molecule has 0 aliphatic carbocycles. The average molecular weight is 298 g/mol. The molecule has 5 nitrogen and oxygen atoms in total. The largest absolute Gasteiger partial charge is 0.478 e. The van der Waals surface area contributed by atoms with Gasteiger partial charge in [0.25, 0.3) is 5.91 Å². The molecule has 1 amide bonds. The second kappa shape index (κ2) is 5.74. The SMILES string of the molecule is O=C(O)c1cc(F)c(F)cc1C(=O)NCc1cncs1. The molecule has 20 heavy (non-hydrogen) atoms. The lowest BCUT2D eigenvalue weighted by atomic mass is 10.1. The van der Waals surface area contributed by atoms with E-state index in [0.29, 0.717) is 12.1 Å². The molecule has 0 atom stereocenters. The number of rotatable bonds is 4. The minimum absolute atomic E-state index is 0.127. The molecule has 0 saturated heterocycles. The number of nitrogens with one attached hydrogen (secondary N) is 1. The zero-order chi connectivity index (χ0) is 14.7. The number of carboxylic acid groups (broad SMARTS) is 1. The second-order valence-corrected chi connectivity index (χ2v) is 4.74. The van der Waals surface area contributed by atoms with E-state index in [-0.39, 0.29) is 6.54 Å². The summed E-state index contributed by atoms with van der Waals surface area (Å²) in [5.41, 5.74) is 0.550. The van der Waals surface area contributed by atoms with E-state index in [2.05, 4.69) is 10.3 Å². The lowest BCUT2D eigenvalue weighted by Gasteiger charge is -2.07. The minimum atomic E-state index is -1.51. The first-order chi connectivity index (χ1) is 9.49. The number of carbonyl (C=O) groups excluding carboxylic acids is 1. The van der Waals surface area contributed by atoms with Crippen LogP contribution >= 0.6 is 11.3 Å². The molecule has 104 valence electrons. The van der Waals surface area contributed by atoms with Gasteiger partial charge in [0.2, 0.25) is 0 Å². The van der Waals surface area contributed by atoms with Gasteiger partial charge in [-0.2, -0.15) is 0 Å². The van der Waals surface area contributed by atoms with Crippen molar-refractivity contribution in [2.75, 3.05) is 0 Å². The number of carbonyl (C=O) groups is 2. The van der Waals surface area contributed by atoms with E-state index in [1.165, 1.54) is 17.5 Å². The Labute approximate surface area is 115 Å². The quantitative estimate of drug-likeness (QED) is 0.905. The summed E-state index contributed by atoms with van der Waals surface area (Å²) < 4.78 is 26.2. The molecule has 0 spiro atoms. The van der Waals surface area contributed by atoms with Crippen LogP contribution in [-0.4, -0.2) is 22.0 Å². The molecule has 0 aliphatic rings. The van der Waals surface area contributed by atoms with Crippen molar-refractivity contribution in [1.82, 2.24) is 10.3 Å². The van der Waals surface area contributed by atoms with Crippen molar-refractivity contribution in [1.29, 1.82) is 0 Å². The standard InChI is InChI=1S/C12H8F2N2O3S/c13-9-1-7(8(12(18)19)2-10(9)14)11(17)16-4-6-3-15-5-20-6/h1-3,5H,4H2,(H,16,17)(H,18,19). The molecule has 0 bridgehead atoms. The molecule has 1 aromatic carbocycles. The van der Waals surface area contributed by atoms with E-state index in [4.69, 9.17) is 5.11 Å². The Bertz CT molecular complexity index is 659. The number of carboxylic acids is 1. The summed E-state index contributed by atoms with van der Waals surface area (Å²) in [5.74, 6) is -4.90. The molecular weight excluding hydrogens is 290 g/mol. The fourth-order valence-corrected chi connectivity index (χ4v) is 2.04. The van der Waals surface area contributed by atoms with Crippen molar-refractivity contribution >= 4 is 23.2 Å². The normalized spacial score (nSPS) is 10.3. The van der Waals surface area contributed by atoms with Crippen molar-refractivity contribution in [3.8, 4) is 0 Å². The Kier molecular flexibility index (Phi) is 4.04. The Balaban J connectivity index is 2.24. The molecule has 0 unspecified atom stereocenters. The minimum Gasteiger partial charge on any atom is -0.478 e. The Morgan fingerprint density at radius 2 is 1.90 bits per heavy atom. The van der Waals surface area contributed by atoms with Gasteiger partial charge >= 0.3 is 5.97 Å². The van der Waals surface area contributed by atoms with Crippen molar-refractivity contribution in [3.05, 3.63) is 51.5 Å². The number of hydrogen-bond acceptors (Lipinski definition) is 4. The van der Waals surface area contributed by atoms with Crippen LogP contribution in [0.4, 0.5) is 8.78 Å². The van der Waals surface area contributed by atoms with Gasteiger partial charge in [0.05, 0.1) is 23.2 Å². The van der Waals surface area contributed by atoms with Crippen LogP contribution in [0.2, 0.25) is 0 Å². The third kappa shape index (κ3) is 2.97. The predicted octanol–water partition coefficient (Wildman–Crippen LogP) is 2.05. The van der Waals surface area contributed by atoms with E-state index in [0.717, 1.165) is 4.88 Å². The smallest absolute Gasteiger partial charge is 0.336 e. The van der Waals surface area contributed by atoms with Gasteiger partial charge in [-0.3, -0.25) is 9.78 Å². The summed E-state index contributed by atoms with van der Waals surface area (Å²) in [7, 11) is 0. The molecule has 0 radical (unpaired) electrons.